The third-order valence-electron chi connectivity index (χ3n) is 3.69. The van der Waals surface area contributed by atoms with Gasteiger partial charge in [0.1, 0.15) is 0 Å². The third kappa shape index (κ3) is 3.29. The monoisotopic (exact) mass is 302 g/mol. The van der Waals surface area contributed by atoms with Crippen molar-refractivity contribution in [2.45, 2.75) is 13.8 Å². The number of allylic oxidation sites excluding steroid dienone is 2. The van der Waals surface area contributed by atoms with Crippen molar-refractivity contribution >= 4 is 23.4 Å². The lowest BCUT2D eigenvalue weighted by Gasteiger charge is -2.11. The van der Waals surface area contributed by atoms with Crippen LogP contribution >= 0.6 is 0 Å². The molecule has 0 unspecified atom stereocenters. The minimum Gasteiger partial charge on any atom is -0.267 e. The van der Waals surface area contributed by atoms with Gasteiger partial charge in [-0.1, -0.05) is 60.2 Å². The lowest BCUT2D eigenvalue weighted by Crippen LogP contribution is -2.21. The molecular formula is C20H18N2O. The summed E-state index contributed by atoms with van der Waals surface area (Å²) in [7, 11) is 0. The maximum atomic E-state index is 12.6. The normalized spacial score (nSPS) is 16.4. The molecule has 0 spiro atoms. The molecule has 23 heavy (non-hydrogen) atoms. The van der Waals surface area contributed by atoms with Crippen molar-refractivity contribution in [2.75, 3.05) is 5.01 Å². The molecular weight excluding hydrogens is 284 g/mol. The van der Waals surface area contributed by atoms with Gasteiger partial charge in [-0.05, 0) is 37.6 Å². The molecule has 0 radical (unpaired) electrons. The van der Waals surface area contributed by atoms with E-state index in [-0.39, 0.29) is 5.91 Å². The van der Waals surface area contributed by atoms with Crippen LogP contribution in [0.3, 0.4) is 0 Å². The van der Waals surface area contributed by atoms with Crippen molar-refractivity contribution in [3.8, 4) is 0 Å². The van der Waals surface area contributed by atoms with E-state index in [1.165, 1.54) is 5.01 Å². The first-order valence-corrected chi connectivity index (χ1v) is 7.55. The van der Waals surface area contributed by atoms with E-state index in [0.29, 0.717) is 5.57 Å². The van der Waals surface area contributed by atoms with Crippen molar-refractivity contribution in [1.29, 1.82) is 0 Å². The quantitative estimate of drug-likeness (QED) is 0.775. The highest BCUT2D eigenvalue weighted by molar-refractivity contribution is 6.29. The molecule has 3 rings (SSSR count). The van der Waals surface area contributed by atoms with Gasteiger partial charge >= 0.3 is 0 Å². The standard InChI is InChI=1S/C20H18N2O/c1-15-11-13-18(14-12-15)22-20(23)19(16(2)21-22)10-6-9-17-7-4-3-5-8-17/h3-14H,1-2H3/b9-6+,19-10-. The maximum Gasteiger partial charge on any atom is 0.280 e. The van der Waals surface area contributed by atoms with E-state index in [4.69, 9.17) is 0 Å². The first kappa shape index (κ1) is 15.0. The number of carbonyl (C=O) groups is 1. The predicted octanol–water partition coefficient (Wildman–Crippen LogP) is 4.36. The van der Waals surface area contributed by atoms with Gasteiger partial charge in [-0.2, -0.15) is 10.1 Å². The number of hydrazone groups is 1. The summed E-state index contributed by atoms with van der Waals surface area (Å²) in [5.41, 5.74) is 4.39. The molecule has 1 aliphatic heterocycles. The van der Waals surface area contributed by atoms with Crippen LogP contribution in [-0.4, -0.2) is 11.6 Å². The number of rotatable bonds is 3. The molecule has 1 aliphatic rings. The average molecular weight is 302 g/mol. The van der Waals surface area contributed by atoms with Crippen LogP contribution in [0.2, 0.25) is 0 Å². The number of benzene rings is 2. The van der Waals surface area contributed by atoms with Crippen LogP contribution in [-0.2, 0) is 4.79 Å². The Balaban J connectivity index is 1.81. The second kappa shape index (κ2) is 6.44. The molecule has 114 valence electrons. The van der Waals surface area contributed by atoms with Gasteiger partial charge in [-0.25, -0.2) is 0 Å². The number of carbonyl (C=O) groups excluding carboxylic acids is 1. The van der Waals surface area contributed by atoms with Crippen LogP contribution in [0, 0.1) is 6.92 Å². The smallest absolute Gasteiger partial charge is 0.267 e. The Morgan fingerprint density at radius 2 is 1.65 bits per heavy atom. The number of anilines is 1. The van der Waals surface area contributed by atoms with Gasteiger partial charge in [-0.15, -0.1) is 0 Å². The highest BCUT2D eigenvalue weighted by atomic mass is 16.2. The van der Waals surface area contributed by atoms with Crippen LogP contribution in [0.15, 0.2) is 77.4 Å². The Kier molecular flexibility index (Phi) is 4.20. The van der Waals surface area contributed by atoms with E-state index in [2.05, 4.69) is 5.10 Å². The fourth-order valence-electron chi connectivity index (χ4n) is 2.39. The molecule has 1 heterocycles. The number of nitrogens with zero attached hydrogens (tertiary/aromatic N) is 2. The summed E-state index contributed by atoms with van der Waals surface area (Å²) in [6.07, 6.45) is 5.69. The summed E-state index contributed by atoms with van der Waals surface area (Å²) in [4.78, 5) is 12.6. The molecule has 0 N–H and O–H groups in total. The Hall–Kier alpha value is -2.94. The van der Waals surface area contributed by atoms with E-state index >= 15 is 0 Å². The van der Waals surface area contributed by atoms with Gasteiger partial charge in [0.05, 0.1) is 17.0 Å². The van der Waals surface area contributed by atoms with Crippen LogP contribution in [0.1, 0.15) is 18.1 Å². The van der Waals surface area contributed by atoms with Gasteiger partial charge < -0.3 is 0 Å². The lowest BCUT2D eigenvalue weighted by molar-refractivity contribution is -0.114. The molecule has 0 saturated carbocycles. The van der Waals surface area contributed by atoms with Gasteiger partial charge in [0, 0.05) is 0 Å². The Bertz CT molecular complexity index is 799. The number of aryl methyl sites for hydroxylation is 1. The molecule has 2 aromatic rings. The van der Waals surface area contributed by atoms with Crippen molar-refractivity contribution < 1.29 is 4.79 Å². The van der Waals surface area contributed by atoms with E-state index in [0.717, 1.165) is 22.5 Å². The second-order valence-corrected chi connectivity index (χ2v) is 5.49. The second-order valence-electron chi connectivity index (χ2n) is 5.49. The van der Waals surface area contributed by atoms with E-state index in [1.54, 1.807) is 0 Å². The minimum absolute atomic E-state index is 0.0935. The molecule has 0 atom stereocenters. The summed E-state index contributed by atoms with van der Waals surface area (Å²) < 4.78 is 0. The molecule has 0 fully saturated rings. The van der Waals surface area contributed by atoms with Gasteiger partial charge in [0.25, 0.3) is 5.91 Å². The molecule has 0 aliphatic carbocycles. The summed E-state index contributed by atoms with van der Waals surface area (Å²) in [6.45, 7) is 3.87. The molecule has 3 nitrogen and oxygen atoms in total. The SMILES string of the molecule is CC1=NN(c2ccc(C)cc2)C(=O)/C1=C\C=C\c1ccccc1. The predicted molar refractivity (Wildman–Crippen MR) is 95.3 cm³/mol. The fourth-order valence-corrected chi connectivity index (χ4v) is 2.39. The van der Waals surface area contributed by atoms with Gasteiger partial charge in [0.2, 0.25) is 0 Å². The third-order valence-corrected chi connectivity index (χ3v) is 3.69. The maximum absolute atomic E-state index is 12.6. The zero-order valence-electron chi connectivity index (χ0n) is 13.2. The van der Waals surface area contributed by atoms with Crippen molar-refractivity contribution in [3.05, 3.63) is 83.4 Å². The highest BCUT2D eigenvalue weighted by Gasteiger charge is 2.27. The largest absolute Gasteiger partial charge is 0.280 e. The lowest BCUT2D eigenvalue weighted by atomic mass is 10.1. The zero-order chi connectivity index (χ0) is 16.2. The van der Waals surface area contributed by atoms with E-state index < -0.39 is 0 Å². The number of hydrogen-bond acceptors (Lipinski definition) is 2. The number of amides is 1. The van der Waals surface area contributed by atoms with E-state index in [1.807, 2.05) is 86.7 Å². The molecule has 0 bridgehead atoms. The zero-order valence-corrected chi connectivity index (χ0v) is 13.2. The van der Waals surface area contributed by atoms with Crippen molar-refractivity contribution in [1.82, 2.24) is 0 Å². The molecule has 1 amide bonds. The van der Waals surface area contributed by atoms with Crippen LogP contribution in [0.25, 0.3) is 6.08 Å². The first-order valence-electron chi connectivity index (χ1n) is 7.55. The minimum atomic E-state index is -0.0935. The van der Waals surface area contributed by atoms with Crippen LogP contribution < -0.4 is 5.01 Å². The first-order chi connectivity index (χ1) is 11.1. The van der Waals surface area contributed by atoms with Crippen molar-refractivity contribution in [3.63, 3.8) is 0 Å². The fraction of sp³-hybridized carbons (Fsp3) is 0.100. The summed E-state index contributed by atoms with van der Waals surface area (Å²) in [6, 6.07) is 17.8. The molecule has 3 heteroatoms. The summed E-state index contributed by atoms with van der Waals surface area (Å²) in [5.74, 6) is -0.0935. The van der Waals surface area contributed by atoms with Gasteiger partial charge in [-0.3, -0.25) is 4.79 Å². The highest BCUT2D eigenvalue weighted by Crippen LogP contribution is 2.23. The average Bonchev–Trinajstić information content (AvgIpc) is 2.85. The Morgan fingerprint density at radius 3 is 2.35 bits per heavy atom. The van der Waals surface area contributed by atoms with Crippen LogP contribution in [0.4, 0.5) is 5.69 Å². The molecule has 0 saturated heterocycles. The molecule has 2 aromatic carbocycles. The van der Waals surface area contributed by atoms with Gasteiger partial charge in [0.15, 0.2) is 0 Å². The van der Waals surface area contributed by atoms with Crippen LogP contribution in [0.5, 0.6) is 0 Å². The topological polar surface area (TPSA) is 32.7 Å². The Morgan fingerprint density at radius 1 is 0.957 bits per heavy atom. The molecule has 0 aromatic heterocycles. The Labute approximate surface area is 136 Å². The van der Waals surface area contributed by atoms with E-state index in [9.17, 15) is 4.79 Å². The summed E-state index contributed by atoms with van der Waals surface area (Å²) >= 11 is 0. The van der Waals surface area contributed by atoms with Crippen molar-refractivity contribution in [2.24, 2.45) is 5.10 Å². The number of hydrogen-bond donors (Lipinski definition) is 0. The summed E-state index contributed by atoms with van der Waals surface area (Å²) in [5, 5.41) is 5.83.